The molecule has 0 aliphatic carbocycles. The van der Waals surface area contributed by atoms with Crippen molar-refractivity contribution in [3.63, 3.8) is 0 Å². The zero-order chi connectivity index (χ0) is 14.8. The quantitative estimate of drug-likeness (QED) is 0.791. The number of nitrogens with zero attached hydrogens (tertiary/aromatic N) is 6. The first-order valence-electron chi connectivity index (χ1n) is 7.46. The fourth-order valence-corrected chi connectivity index (χ4v) is 2.81. The average Bonchev–Trinajstić information content (AvgIpc) is 3.04. The average molecular weight is 295 g/mol. The van der Waals surface area contributed by atoms with Crippen LogP contribution >= 0.6 is 0 Å². The van der Waals surface area contributed by atoms with Crippen molar-refractivity contribution in [2.75, 3.05) is 23.3 Å². The summed E-state index contributed by atoms with van der Waals surface area (Å²) in [6.45, 7) is 1.96. The Balaban J connectivity index is 1.41. The molecule has 22 heavy (non-hydrogen) atoms. The maximum Gasteiger partial charge on any atom is 0.153 e. The van der Waals surface area contributed by atoms with Crippen LogP contribution in [0.25, 0.3) is 5.65 Å². The summed E-state index contributed by atoms with van der Waals surface area (Å²) in [5, 5.41) is 8.07. The first-order chi connectivity index (χ1) is 10.9. The van der Waals surface area contributed by atoms with Crippen LogP contribution in [-0.4, -0.2) is 43.7 Å². The lowest BCUT2D eigenvalue weighted by Crippen LogP contribution is -2.39. The summed E-state index contributed by atoms with van der Waals surface area (Å²) in [4.78, 5) is 14.7. The molecule has 3 aromatic rings. The molecule has 0 bridgehead atoms. The molecule has 0 radical (unpaired) electrons. The molecule has 112 valence electrons. The second-order valence-electron chi connectivity index (χ2n) is 5.42. The minimum absolute atomic E-state index is 0.447. The predicted molar refractivity (Wildman–Crippen MR) is 83.9 cm³/mol. The van der Waals surface area contributed by atoms with E-state index in [9.17, 15) is 0 Å². The minimum atomic E-state index is 0.447. The molecule has 0 unspecified atom stereocenters. The number of fused-ring (bicyclic) bond motifs is 1. The van der Waals surface area contributed by atoms with Gasteiger partial charge in [-0.15, -0.1) is 5.10 Å². The van der Waals surface area contributed by atoms with Gasteiger partial charge in [-0.25, -0.2) is 19.5 Å². The van der Waals surface area contributed by atoms with Crippen LogP contribution in [-0.2, 0) is 0 Å². The topological polar surface area (TPSA) is 71.2 Å². The van der Waals surface area contributed by atoms with E-state index in [-0.39, 0.29) is 0 Å². The van der Waals surface area contributed by atoms with Crippen molar-refractivity contribution in [3.8, 4) is 0 Å². The summed E-state index contributed by atoms with van der Waals surface area (Å²) >= 11 is 0. The molecule has 4 rings (SSSR count). The Morgan fingerprint density at radius 3 is 2.77 bits per heavy atom. The number of hydrogen-bond donors (Lipinski definition) is 1. The highest BCUT2D eigenvalue weighted by molar-refractivity contribution is 5.46. The number of aromatic nitrogens is 5. The second-order valence-corrected chi connectivity index (χ2v) is 5.42. The van der Waals surface area contributed by atoms with Gasteiger partial charge in [0.05, 0.1) is 0 Å². The Morgan fingerprint density at radius 2 is 1.95 bits per heavy atom. The van der Waals surface area contributed by atoms with E-state index in [0.29, 0.717) is 6.04 Å². The number of rotatable bonds is 3. The molecule has 1 aliphatic rings. The molecule has 7 heteroatoms. The van der Waals surface area contributed by atoms with E-state index < -0.39 is 0 Å². The van der Waals surface area contributed by atoms with Gasteiger partial charge in [-0.2, -0.15) is 0 Å². The highest BCUT2D eigenvalue weighted by Gasteiger charge is 2.20. The first-order valence-corrected chi connectivity index (χ1v) is 7.46. The number of imidazole rings is 1. The highest BCUT2D eigenvalue weighted by Crippen LogP contribution is 2.20. The number of piperidine rings is 1. The van der Waals surface area contributed by atoms with Crippen LogP contribution in [0.1, 0.15) is 12.8 Å². The molecule has 0 aromatic carbocycles. The van der Waals surface area contributed by atoms with Crippen LogP contribution in [0.3, 0.4) is 0 Å². The van der Waals surface area contributed by atoms with E-state index in [0.717, 1.165) is 43.2 Å². The predicted octanol–water partition coefficient (Wildman–Crippen LogP) is 1.60. The number of anilines is 2. The molecule has 0 saturated carbocycles. The number of hydrogen-bond acceptors (Lipinski definition) is 6. The third kappa shape index (κ3) is 2.57. The fraction of sp³-hybridized carbons (Fsp3) is 0.333. The lowest BCUT2D eigenvalue weighted by molar-refractivity contribution is 0.520. The van der Waals surface area contributed by atoms with E-state index in [1.807, 2.05) is 28.9 Å². The van der Waals surface area contributed by atoms with Crippen molar-refractivity contribution in [1.29, 1.82) is 0 Å². The summed E-state index contributed by atoms with van der Waals surface area (Å²) in [5.41, 5.74) is 0.879. The van der Waals surface area contributed by atoms with E-state index in [1.165, 1.54) is 0 Å². The molecule has 4 heterocycles. The van der Waals surface area contributed by atoms with Gasteiger partial charge in [0.25, 0.3) is 0 Å². The van der Waals surface area contributed by atoms with Crippen LogP contribution < -0.4 is 10.2 Å². The molecule has 0 amide bonds. The van der Waals surface area contributed by atoms with Crippen molar-refractivity contribution < 1.29 is 0 Å². The van der Waals surface area contributed by atoms with Crippen molar-refractivity contribution >= 4 is 17.3 Å². The Bertz CT molecular complexity index is 747. The maximum atomic E-state index is 4.61. The van der Waals surface area contributed by atoms with E-state index >= 15 is 0 Å². The molecule has 0 spiro atoms. The monoisotopic (exact) mass is 295 g/mol. The third-order valence-electron chi connectivity index (χ3n) is 3.99. The Kier molecular flexibility index (Phi) is 3.30. The molecule has 1 aliphatic heterocycles. The van der Waals surface area contributed by atoms with Gasteiger partial charge in [-0.1, -0.05) is 0 Å². The molecule has 0 atom stereocenters. The number of nitrogens with one attached hydrogen (secondary N) is 1. The first kappa shape index (κ1) is 13.0. The van der Waals surface area contributed by atoms with Crippen LogP contribution in [0.2, 0.25) is 0 Å². The Hall–Kier alpha value is -2.70. The van der Waals surface area contributed by atoms with Gasteiger partial charge in [0, 0.05) is 37.7 Å². The lowest BCUT2D eigenvalue weighted by atomic mass is 10.1. The SMILES string of the molecule is c1cc(NC2CCN(c3ccc4nccn4n3)CC2)ncn1. The van der Waals surface area contributed by atoms with Gasteiger partial charge in [-0.05, 0) is 31.0 Å². The zero-order valence-electron chi connectivity index (χ0n) is 12.1. The normalized spacial score (nSPS) is 16.1. The van der Waals surface area contributed by atoms with Crippen LogP contribution in [0.5, 0.6) is 0 Å². The smallest absolute Gasteiger partial charge is 0.153 e. The summed E-state index contributed by atoms with van der Waals surface area (Å²) in [5.74, 6) is 1.90. The highest BCUT2D eigenvalue weighted by atomic mass is 15.3. The van der Waals surface area contributed by atoms with E-state index in [1.54, 1.807) is 18.7 Å². The largest absolute Gasteiger partial charge is 0.367 e. The van der Waals surface area contributed by atoms with Gasteiger partial charge in [0.1, 0.15) is 18.0 Å². The maximum absolute atomic E-state index is 4.61. The van der Waals surface area contributed by atoms with Crippen molar-refractivity contribution in [2.45, 2.75) is 18.9 Å². The molecule has 1 saturated heterocycles. The molecular formula is C15H17N7. The van der Waals surface area contributed by atoms with Crippen LogP contribution in [0, 0.1) is 0 Å². The molecule has 1 fully saturated rings. The third-order valence-corrected chi connectivity index (χ3v) is 3.99. The summed E-state index contributed by atoms with van der Waals surface area (Å²) in [7, 11) is 0. The Morgan fingerprint density at radius 1 is 1.05 bits per heavy atom. The van der Waals surface area contributed by atoms with Gasteiger partial charge >= 0.3 is 0 Å². The van der Waals surface area contributed by atoms with Gasteiger partial charge in [-0.3, -0.25) is 0 Å². The van der Waals surface area contributed by atoms with Gasteiger partial charge in [0.15, 0.2) is 5.65 Å². The van der Waals surface area contributed by atoms with Crippen molar-refractivity contribution in [3.05, 3.63) is 43.1 Å². The van der Waals surface area contributed by atoms with Crippen LogP contribution in [0.4, 0.5) is 11.6 Å². The van der Waals surface area contributed by atoms with E-state index in [2.05, 4.69) is 30.3 Å². The van der Waals surface area contributed by atoms with Crippen molar-refractivity contribution in [2.24, 2.45) is 0 Å². The molecular weight excluding hydrogens is 278 g/mol. The second kappa shape index (κ2) is 5.59. The fourth-order valence-electron chi connectivity index (χ4n) is 2.81. The van der Waals surface area contributed by atoms with Crippen molar-refractivity contribution in [1.82, 2.24) is 24.6 Å². The van der Waals surface area contributed by atoms with Crippen LogP contribution in [0.15, 0.2) is 43.1 Å². The van der Waals surface area contributed by atoms with E-state index in [4.69, 9.17) is 0 Å². The molecule has 1 N–H and O–H groups in total. The van der Waals surface area contributed by atoms with Gasteiger partial charge in [0.2, 0.25) is 0 Å². The Labute approximate surface area is 128 Å². The summed E-state index contributed by atoms with van der Waals surface area (Å²) in [6, 6.07) is 6.40. The minimum Gasteiger partial charge on any atom is -0.367 e. The molecule has 3 aromatic heterocycles. The lowest BCUT2D eigenvalue weighted by Gasteiger charge is -2.33. The zero-order valence-corrected chi connectivity index (χ0v) is 12.1. The summed E-state index contributed by atoms with van der Waals surface area (Å²) < 4.78 is 1.82. The summed E-state index contributed by atoms with van der Waals surface area (Å²) in [6.07, 6.45) is 9.10. The molecule has 7 nitrogen and oxygen atoms in total. The standard InChI is InChI=1S/C15H17N7/c1-2-15(20-22-10-7-17-14(1)22)21-8-4-12(5-9-21)19-13-3-6-16-11-18-13/h1-3,6-7,10-12H,4-5,8-9H2,(H,16,18,19). The van der Waals surface area contributed by atoms with Gasteiger partial charge < -0.3 is 10.2 Å².